The van der Waals surface area contributed by atoms with Gasteiger partial charge in [-0.25, -0.2) is 9.98 Å². The molecule has 0 bridgehead atoms. The van der Waals surface area contributed by atoms with E-state index < -0.39 is 0 Å². The highest BCUT2D eigenvalue weighted by atomic mass is 15.3. The third kappa shape index (κ3) is 7.68. The average molecular weight is 346 g/mol. The van der Waals surface area contributed by atoms with Crippen LogP contribution in [0.5, 0.6) is 0 Å². The lowest BCUT2D eigenvalue weighted by atomic mass is 10.1. The second kappa shape index (κ2) is 15.6. The van der Waals surface area contributed by atoms with Gasteiger partial charge in [-0.3, -0.25) is 0 Å². The summed E-state index contributed by atoms with van der Waals surface area (Å²) in [4.78, 5) is 11.5. The van der Waals surface area contributed by atoms with Crippen LogP contribution in [0.25, 0.3) is 0 Å². The highest BCUT2D eigenvalue weighted by Crippen LogP contribution is 2.19. The van der Waals surface area contributed by atoms with Gasteiger partial charge in [0.05, 0.1) is 0 Å². The third-order valence-electron chi connectivity index (χ3n) is 3.46. The minimum absolute atomic E-state index is 0.0913. The van der Waals surface area contributed by atoms with Gasteiger partial charge >= 0.3 is 0 Å². The molecule has 0 spiro atoms. The molecule has 0 radical (unpaired) electrons. The smallest absolute Gasteiger partial charge is 0.158 e. The van der Waals surface area contributed by atoms with E-state index in [1.54, 1.807) is 0 Å². The first-order valence-electron chi connectivity index (χ1n) is 9.73. The largest absolute Gasteiger partial charge is 0.337 e. The minimum atomic E-state index is 0.0913. The van der Waals surface area contributed by atoms with E-state index in [1.807, 2.05) is 67.7 Å². The van der Waals surface area contributed by atoms with Crippen molar-refractivity contribution in [3.8, 4) is 0 Å². The van der Waals surface area contributed by atoms with Crippen molar-refractivity contribution in [1.29, 1.82) is 0 Å². The number of aliphatic imine (C=N–C) groups is 2. The summed E-state index contributed by atoms with van der Waals surface area (Å²) in [5.74, 6) is 1.77. The van der Waals surface area contributed by atoms with Gasteiger partial charge in [-0.2, -0.15) is 0 Å². The highest BCUT2D eigenvalue weighted by molar-refractivity contribution is 6.14. The van der Waals surface area contributed by atoms with Crippen molar-refractivity contribution >= 4 is 11.7 Å². The van der Waals surface area contributed by atoms with E-state index in [4.69, 9.17) is 4.99 Å². The maximum Gasteiger partial charge on any atom is 0.158 e. The lowest BCUT2D eigenvalue weighted by Crippen LogP contribution is -2.39. The molecule has 142 valence electrons. The van der Waals surface area contributed by atoms with Crippen LogP contribution in [0.1, 0.15) is 68.2 Å². The van der Waals surface area contributed by atoms with Crippen LogP contribution in [-0.2, 0) is 0 Å². The first kappa shape index (κ1) is 25.3. The summed E-state index contributed by atoms with van der Waals surface area (Å²) in [6.45, 7) is 19.9. The monoisotopic (exact) mass is 345 g/mol. The molecular weight excluding hydrogens is 306 g/mol. The van der Waals surface area contributed by atoms with Crippen LogP contribution in [0.4, 0.5) is 0 Å². The summed E-state index contributed by atoms with van der Waals surface area (Å²) in [5.41, 5.74) is 2.17. The highest BCUT2D eigenvalue weighted by Gasteiger charge is 2.22. The number of rotatable bonds is 3. The van der Waals surface area contributed by atoms with Gasteiger partial charge in [-0.15, -0.1) is 0 Å². The molecule has 1 atom stereocenters. The van der Waals surface area contributed by atoms with Gasteiger partial charge in [0.15, 0.2) is 5.84 Å². The van der Waals surface area contributed by atoms with Gasteiger partial charge in [0.1, 0.15) is 12.0 Å². The van der Waals surface area contributed by atoms with E-state index >= 15 is 0 Å². The maximum absolute atomic E-state index is 4.71. The zero-order chi connectivity index (χ0) is 19.8. The standard InChI is InChI=1S/C16H21N3.3C2H6/c1-5-13(6-2)16-18-15(17-12(3)19(16)4)14-10-8-7-9-11-14;3*1-2/h5-6,8,10-12H,1,7,9H2,2-4H3;3*1-2H3/b13-6+;;;. The Kier molecular flexibility index (Phi) is 15.8. The van der Waals surface area contributed by atoms with Gasteiger partial charge < -0.3 is 4.90 Å². The predicted molar refractivity (Wildman–Crippen MR) is 117 cm³/mol. The number of allylic oxidation sites excluding steroid dienone is 3. The van der Waals surface area contributed by atoms with Gasteiger partial charge in [0, 0.05) is 18.2 Å². The molecule has 1 aliphatic heterocycles. The Balaban J connectivity index is 0. The number of amidine groups is 2. The molecule has 25 heavy (non-hydrogen) atoms. The average Bonchev–Trinajstić information content (AvgIpc) is 2.71. The zero-order valence-electron chi connectivity index (χ0n) is 17.9. The zero-order valence-corrected chi connectivity index (χ0v) is 17.9. The maximum atomic E-state index is 4.71. The molecule has 0 saturated carbocycles. The molecule has 1 heterocycles. The normalized spacial score (nSPS) is 18.8. The van der Waals surface area contributed by atoms with Gasteiger partial charge in [-0.1, -0.05) is 78.5 Å². The predicted octanol–water partition coefficient (Wildman–Crippen LogP) is 6.56. The number of likely N-dealkylation sites (N-methyl/N-ethyl adjacent to an activating group) is 1. The Morgan fingerprint density at radius 3 is 2.20 bits per heavy atom. The quantitative estimate of drug-likeness (QED) is 0.532. The van der Waals surface area contributed by atoms with Crippen LogP contribution in [0, 0.1) is 0 Å². The van der Waals surface area contributed by atoms with Crippen LogP contribution >= 0.6 is 0 Å². The molecular formula is C22H39N3. The van der Waals surface area contributed by atoms with E-state index in [-0.39, 0.29) is 6.17 Å². The Bertz CT molecular complexity index is 519. The van der Waals surface area contributed by atoms with E-state index in [9.17, 15) is 0 Å². The molecule has 0 aromatic heterocycles. The van der Waals surface area contributed by atoms with Crippen molar-refractivity contribution in [3.05, 3.63) is 48.1 Å². The van der Waals surface area contributed by atoms with E-state index in [1.165, 1.54) is 0 Å². The summed E-state index contributed by atoms with van der Waals surface area (Å²) in [6, 6.07) is 0. The molecule has 2 aliphatic rings. The molecule has 1 unspecified atom stereocenters. The first-order chi connectivity index (χ1) is 12.2. The van der Waals surface area contributed by atoms with Crippen molar-refractivity contribution in [3.63, 3.8) is 0 Å². The van der Waals surface area contributed by atoms with E-state index in [0.29, 0.717) is 0 Å². The second-order valence-corrected chi connectivity index (χ2v) is 4.72. The molecule has 2 rings (SSSR count). The summed E-state index contributed by atoms with van der Waals surface area (Å²) in [6.07, 6.45) is 12.6. The van der Waals surface area contributed by atoms with Crippen molar-refractivity contribution in [2.24, 2.45) is 9.98 Å². The fraction of sp³-hybridized carbons (Fsp3) is 0.545. The Morgan fingerprint density at radius 2 is 1.76 bits per heavy atom. The fourth-order valence-corrected chi connectivity index (χ4v) is 2.17. The van der Waals surface area contributed by atoms with Crippen LogP contribution in [0.2, 0.25) is 0 Å². The molecule has 3 heteroatoms. The van der Waals surface area contributed by atoms with Crippen LogP contribution in [0.15, 0.2) is 58.1 Å². The molecule has 1 aliphatic carbocycles. The lowest BCUT2D eigenvalue weighted by molar-refractivity contribution is 0.398. The summed E-state index contributed by atoms with van der Waals surface area (Å²) >= 11 is 0. The van der Waals surface area contributed by atoms with Gasteiger partial charge in [-0.05, 0) is 26.7 Å². The third-order valence-corrected chi connectivity index (χ3v) is 3.46. The first-order valence-corrected chi connectivity index (χ1v) is 9.73. The summed E-state index contributed by atoms with van der Waals surface area (Å²) < 4.78 is 0. The minimum Gasteiger partial charge on any atom is -0.337 e. The van der Waals surface area contributed by atoms with Crippen LogP contribution in [-0.4, -0.2) is 29.8 Å². The Labute approximate surface area is 156 Å². The van der Waals surface area contributed by atoms with Gasteiger partial charge in [0.25, 0.3) is 0 Å². The van der Waals surface area contributed by atoms with Crippen LogP contribution < -0.4 is 0 Å². The number of hydrogen-bond acceptors (Lipinski definition) is 3. The molecule has 0 amide bonds. The molecule has 0 fully saturated rings. The van der Waals surface area contributed by atoms with Gasteiger partial charge in [0.2, 0.25) is 0 Å². The summed E-state index contributed by atoms with van der Waals surface area (Å²) in [7, 11) is 2.02. The van der Waals surface area contributed by atoms with E-state index in [0.717, 1.165) is 35.7 Å². The Hall–Kier alpha value is -1.90. The van der Waals surface area contributed by atoms with Crippen molar-refractivity contribution < 1.29 is 0 Å². The molecule has 0 saturated heterocycles. The van der Waals surface area contributed by atoms with Crippen molar-refractivity contribution in [1.82, 2.24) is 4.90 Å². The van der Waals surface area contributed by atoms with Crippen molar-refractivity contribution in [2.45, 2.75) is 74.4 Å². The van der Waals surface area contributed by atoms with E-state index in [2.05, 4.69) is 41.6 Å². The SMILES string of the molecule is C=C/C(=C\C)C1=NC(C2=CCCC=C2)=NC(C)N1C.CC.CC.CC. The molecule has 3 nitrogen and oxygen atoms in total. The molecule has 0 aromatic rings. The molecule has 0 N–H and O–H groups in total. The fourth-order valence-electron chi connectivity index (χ4n) is 2.17. The Morgan fingerprint density at radius 1 is 1.16 bits per heavy atom. The van der Waals surface area contributed by atoms with Crippen molar-refractivity contribution in [2.75, 3.05) is 7.05 Å². The number of nitrogens with zero attached hydrogens (tertiary/aromatic N) is 3. The van der Waals surface area contributed by atoms with Crippen LogP contribution in [0.3, 0.4) is 0 Å². The molecule has 0 aromatic carbocycles. The lowest BCUT2D eigenvalue weighted by Gasteiger charge is -2.30. The second-order valence-electron chi connectivity index (χ2n) is 4.72. The summed E-state index contributed by atoms with van der Waals surface area (Å²) in [5, 5.41) is 0. The topological polar surface area (TPSA) is 28.0 Å². The number of hydrogen-bond donors (Lipinski definition) is 0.